The van der Waals surface area contributed by atoms with Gasteiger partial charge in [0.2, 0.25) is 15.9 Å². The molecule has 0 saturated heterocycles. The fraction of sp³-hybridized carbons (Fsp3) is 0.250. The molecule has 6 nitrogen and oxygen atoms in total. The van der Waals surface area contributed by atoms with Crippen molar-refractivity contribution in [3.8, 4) is 0 Å². The van der Waals surface area contributed by atoms with E-state index in [1.165, 1.54) is 19.3 Å². The number of primary amides is 1. The Morgan fingerprint density at radius 1 is 1.62 bits per heavy atom. The Morgan fingerprint density at radius 3 is 2.75 bits per heavy atom. The molecular formula is C8H10ClN3O3S. The molecule has 0 saturated carbocycles. The van der Waals surface area contributed by atoms with Crippen molar-refractivity contribution in [2.45, 2.75) is 4.90 Å². The highest BCUT2D eigenvalue weighted by molar-refractivity contribution is 7.89. The number of hydrogen-bond acceptors (Lipinski definition) is 4. The summed E-state index contributed by atoms with van der Waals surface area (Å²) in [5.74, 6) is -0.744. The van der Waals surface area contributed by atoms with Gasteiger partial charge in [-0.1, -0.05) is 11.6 Å². The number of nitrogens with two attached hydrogens (primary N) is 1. The van der Waals surface area contributed by atoms with Crippen molar-refractivity contribution in [2.24, 2.45) is 5.73 Å². The zero-order valence-corrected chi connectivity index (χ0v) is 9.99. The molecular weight excluding hydrogens is 254 g/mol. The third-order valence-corrected chi connectivity index (χ3v) is 4.07. The quantitative estimate of drug-likeness (QED) is 0.817. The number of halogens is 1. The number of carbonyl (C=O) groups is 1. The zero-order chi connectivity index (χ0) is 12.3. The first-order valence-electron chi connectivity index (χ1n) is 4.20. The number of sulfonamides is 1. The summed E-state index contributed by atoms with van der Waals surface area (Å²) in [7, 11) is -2.59. The maximum Gasteiger partial charge on any atom is 0.246 e. The third kappa shape index (κ3) is 2.69. The number of likely N-dealkylation sites (N-methyl/N-ethyl adjacent to an activating group) is 1. The van der Waals surface area contributed by atoms with E-state index in [1.54, 1.807) is 0 Å². The molecule has 0 fully saturated rings. The van der Waals surface area contributed by atoms with Gasteiger partial charge in [-0.05, 0) is 6.07 Å². The summed E-state index contributed by atoms with van der Waals surface area (Å²) in [5, 5.41) is 0.0475. The van der Waals surface area contributed by atoms with Crippen LogP contribution in [0.3, 0.4) is 0 Å². The van der Waals surface area contributed by atoms with E-state index in [0.29, 0.717) is 0 Å². The Labute approximate surface area is 98.1 Å². The number of rotatable bonds is 4. The second-order valence-electron chi connectivity index (χ2n) is 3.03. The number of pyridine rings is 1. The SMILES string of the molecule is CN(CC(N)=O)S(=O)(=O)c1cnccc1Cl. The molecule has 1 rings (SSSR count). The van der Waals surface area contributed by atoms with Crippen LogP contribution in [0, 0.1) is 0 Å². The first-order chi connectivity index (χ1) is 7.35. The highest BCUT2D eigenvalue weighted by Gasteiger charge is 2.24. The van der Waals surface area contributed by atoms with Crippen molar-refractivity contribution >= 4 is 27.5 Å². The van der Waals surface area contributed by atoms with Gasteiger partial charge in [-0.15, -0.1) is 0 Å². The molecule has 0 aliphatic rings. The van der Waals surface area contributed by atoms with E-state index in [9.17, 15) is 13.2 Å². The predicted molar refractivity (Wildman–Crippen MR) is 58.3 cm³/mol. The first-order valence-corrected chi connectivity index (χ1v) is 6.01. The summed E-state index contributed by atoms with van der Waals surface area (Å²) in [6, 6.07) is 1.35. The maximum absolute atomic E-state index is 11.9. The third-order valence-electron chi connectivity index (χ3n) is 1.80. The summed E-state index contributed by atoms with van der Waals surface area (Å²) >= 11 is 5.73. The monoisotopic (exact) mass is 263 g/mol. The summed E-state index contributed by atoms with van der Waals surface area (Å²) in [6.07, 6.45) is 2.49. The molecule has 2 N–H and O–H groups in total. The molecule has 1 aromatic rings. The lowest BCUT2D eigenvalue weighted by atomic mass is 10.5. The van der Waals surface area contributed by atoms with E-state index < -0.39 is 22.5 Å². The van der Waals surface area contributed by atoms with Crippen molar-refractivity contribution in [3.63, 3.8) is 0 Å². The largest absolute Gasteiger partial charge is 0.369 e. The molecule has 88 valence electrons. The lowest BCUT2D eigenvalue weighted by Crippen LogP contribution is -2.35. The molecule has 8 heteroatoms. The standard InChI is InChI=1S/C8H10ClN3O3S/c1-12(5-8(10)13)16(14,15)7-4-11-3-2-6(7)9/h2-4H,5H2,1H3,(H2,10,13). The Hall–Kier alpha value is -1.18. The van der Waals surface area contributed by atoms with Gasteiger partial charge in [-0.25, -0.2) is 8.42 Å². The van der Waals surface area contributed by atoms with Crippen LogP contribution in [-0.4, -0.2) is 37.2 Å². The predicted octanol–water partition coefficient (Wildman–Crippen LogP) is -0.159. The van der Waals surface area contributed by atoms with E-state index >= 15 is 0 Å². The van der Waals surface area contributed by atoms with Crippen LogP contribution < -0.4 is 5.73 Å². The normalized spacial score (nSPS) is 11.7. The van der Waals surface area contributed by atoms with Gasteiger partial charge in [-0.2, -0.15) is 4.31 Å². The molecule has 1 aromatic heterocycles. The number of nitrogens with zero attached hydrogens (tertiary/aromatic N) is 2. The Kier molecular flexibility index (Phi) is 3.84. The highest BCUT2D eigenvalue weighted by Crippen LogP contribution is 2.21. The van der Waals surface area contributed by atoms with Crippen LogP contribution in [0.15, 0.2) is 23.4 Å². The molecule has 0 radical (unpaired) electrons. The van der Waals surface area contributed by atoms with Crippen LogP contribution in [0.5, 0.6) is 0 Å². The number of amides is 1. The van der Waals surface area contributed by atoms with Crippen LogP contribution in [0.25, 0.3) is 0 Å². The topological polar surface area (TPSA) is 93.4 Å². The van der Waals surface area contributed by atoms with E-state index in [2.05, 4.69) is 4.98 Å². The van der Waals surface area contributed by atoms with Gasteiger partial charge in [0.05, 0.1) is 11.6 Å². The summed E-state index contributed by atoms with van der Waals surface area (Å²) in [5.41, 5.74) is 4.91. The van der Waals surface area contributed by atoms with Gasteiger partial charge in [0, 0.05) is 19.4 Å². The van der Waals surface area contributed by atoms with E-state index in [-0.39, 0.29) is 9.92 Å². The van der Waals surface area contributed by atoms with Gasteiger partial charge in [-0.3, -0.25) is 9.78 Å². The smallest absolute Gasteiger partial charge is 0.246 e. The highest BCUT2D eigenvalue weighted by atomic mass is 35.5. The first kappa shape index (κ1) is 12.9. The zero-order valence-electron chi connectivity index (χ0n) is 8.42. The molecule has 16 heavy (non-hydrogen) atoms. The number of carbonyl (C=O) groups excluding carboxylic acids is 1. The Morgan fingerprint density at radius 2 is 2.25 bits per heavy atom. The van der Waals surface area contributed by atoms with Crippen LogP contribution >= 0.6 is 11.6 Å². The van der Waals surface area contributed by atoms with E-state index in [4.69, 9.17) is 17.3 Å². The molecule has 0 bridgehead atoms. The van der Waals surface area contributed by atoms with Gasteiger partial charge in [0.1, 0.15) is 4.90 Å². The molecule has 1 amide bonds. The average Bonchev–Trinajstić information content (AvgIpc) is 2.16. The van der Waals surface area contributed by atoms with Crippen LogP contribution in [0.1, 0.15) is 0 Å². The molecule has 0 unspecified atom stereocenters. The summed E-state index contributed by atoms with van der Waals surface area (Å²) in [6.45, 7) is -0.409. The number of aromatic nitrogens is 1. The minimum atomic E-state index is -3.83. The van der Waals surface area contributed by atoms with Gasteiger partial charge in [0.15, 0.2) is 0 Å². The van der Waals surface area contributed by atoms with Crippen LogP contribution in [-0.2, 0) is 14.8 Å². The van der Waals surface area contributed by atoms with Crippen molar-refractivity contribution in [3.05, 3.63) is 23.5 Å². The Bertz CT molecular complexity index is 503. The molecule has 0 atom stereocenters. The molecule has 0 aliphatic heterocycles. The lowest BCUT2D eigenvalue weighted by molar-refractivity contribution is -0.118. The molecule has 0 spiro atoms. The van der Waals surface area contributed by atoms with Crippen LogP contribution in [0.4, 0.5) is 0 Å². The van der Waals surface area contributed by atoms with Gasteiger partial charge < -0.3 is 5.73 Å². The second-order valence-corrected chi connectivity index (χ2v) is 5.45. The van der Waals surface area contributed by atoms with Crippen molar-refractivity contribution < 1.29 is 13.2 Å². The van der Waals surface area contributed by atoms with Crippen molar-refractivity contribution in [2.75, 3.05) is 13.6 Å². The van der Waals surface area contributed by atoms with Crippen molar-refractivity contribution in [1.29, 1.82) is 0 Å². The van der Waals surface area contributed by atoms with Gasteiger partial charge >= 0.3 is 0 Å². The maximum atomic E-state index is 11.9. The summed E-state index contributed by atoms with van der Waals surface area (Å²) in [4.78, 5) is 14.2. The number of hydrogen-bond donors (Lipinski definition) is 1. The van der Waals surface area contributed by atoms with Crippen molar-refractivity contribution in [1.82, 2.24) is 9.29 Å². The summed E-state index contributed by atoms with van der Waals surface area (Å²) < 4.78 is 24.6. The second kappa shape index (κ2) is 4.77. The van der Waals surface area contributed by atoms with Crippen LogP contribution in [0.2, 0.25) is 5.02 Å². The van der Waals surface area contributed by atoms with E-state index in [0.717, 1.165) is 10.5 Å². The molecule has 0 aromatic carbocycles. The van der Waals surface area contributed by atoms with Gasteiger partial charge in [0.25, 0.3) is 0 Å². The molecule has 1 heterocycles. The fourth-order valence-electron chi connectivity index (χ4n) is 1.03. The Balaban J connectivity index is 3.12. The minimum absolute atomic E-state index is 0.0475. The molecule has 0 aliphatic carbocycles. The fourth-order valence-corrected chi connectivity index (χ4v) is 2.56. The lowest BCUT2D eigenvalue weighted by Gasteiger charge is -2.15. The average molecular weight is 264 g/mol. The van der Waals surface area contributed by atoms with E-state index in [1.807, 2.05) is 0 Å². The minimum Gasteiger partial charge on any atom is -0.369 e.